The summed E-state index contributed by atoms with van der Waals surface area (Å²) in [6, 6.07) is 10.2. The van der Waals surface area contributed by atoms with Crippen LogP contribution in [0.25, 0.3) is 0 Å². The molecule has 0 aromatic heterocycles. The second kappa shape index (κ2) is 6.20. The van der Waals surface area contributed by atoms with Gasteiger partial charge in [0, 0.05) is 6.54 Å². The van der Waals surface area contributed by atoms with E-state index in [1.165, 1.54) is 19.1 Å². The zero-order valence-corrected chi connectivity index (χ0v) is 11.8. The highest BCUT2D eigenvalue weighted by Gasteiger charge is 2.45. The van der Waals surface area contributed by atoms with Crippen molar-refractivity contribution < 1.29 is 9.53 Å². The van der Waals surface area contributed by atoms with Crippen LogP contribution in [0.3, 0.4) is 0 Å². The van der Waals surface area contributed by atoms with Crippen LogP contribution in [0.15, 0.2) is 30.3 Å². The summed E-state index contributed by atoms with van der Waals surface area (Å²) in [7, 11) is 1.48. The van der Waals surface area contributed by atoms with Gasteiger partial charge in [-0.3, -0.25) is 10.1 Å². The summed E-state index contributed by atoms with van der Waals surface area (Å²) >= 11 is 0. The maximum absolute atomic E-state index is 12.2. The predicted molar refractivity (Wildman–Crippen MR) is 75.7 cm³/mol. The summed E-state index contributed by atoms with van der Waals surface area (Å²) < 4.78 is 5.05. The first-order chi connectivity index (χ1) is 9.19. The molecule has 3 nitrogen and oxygen atoms in total. The van der Waals surface area contributed by atoms with Gasteiger partial charge in [0.1, 0.15) is 5.54 Å². The molecule has 1 aliphatic rings. The first-order valence-corrected chi connectivity index (χ1v) is 7.06. The molecule has 1 aromatic rings. The van der Waals surface area contributed by atoms with Crippen molar-refractivity contribution in [1.29, 1.82) is 0 Å². The minimum atomic E-state index is -0.511. The Kier molecular flexibility index (Phi) is 4.59. The summed E-state index contributed by atoms with van der Waals surface area (Å²) in [5, 5.41) is 3.48. The molecular weight excluding hydrogens is 238 g/mol. The van der Waals surface area contributed by atoms with Gasteiger partial charge >= 0.3 is 5.97 Å². The van der Waals surface area contributed by atoms with Crippen molar-refractivity contribution in [3.8, 4) is 0 Å². The fraction of sp³-hybridized carbons (Fsp3) is 0.562. The van der Waals surface area contributed by atoms with E-state index in [0.29, 0.717) is 12.5 Å². The monoisotopic (exact) mass is 261 g/mol. The second-order valence-corrected chi connectivity index (χ2v) is 5.45. The Bertz CT molecular complexity index is 418. The van der Waals surface area contributed by atoms with Crippen LogP contribution in [0.4, 0.5) is 0 Å². The molecule has 1 fully saturated rings. The van der Waals surface area contributed by atoms with E-state index >= 15 is 0 Å². The third-order valence-electron chi connectivity index (χ3n) is 4.30. The molecule has 0 saturated heterocycles. The fourth-order valence-electron chi connectivity index (χ4n) is 3.02. The predicted octanol–water partition coefficient (Wildman–Crippen LogP) is 2.90. The molecule has 0 aliphatic heterocycles. The van der Waals surface area contributed by atoms with Crippen LogP contribution in [-0.4, -0.2) is 18.6 Å². The van der Waals surface area contributed by atoms with E-state index in [0.717, 1.165) is 19.3 Å². The van der Waals surface area contributed by atoms with Gasteiger partial charge in [0.05, 0.1) is 7.11 Å². The van der Waals surface area contributed by atoms with Gasteiger partial charge in [-0.1, -0.05) is 50.1 Å². The first-order valence-electron chi connectivity index (χ1n) is 7.06. The highest BCUT2D eigenvalue weighted by atomic mass is 16.5. The lowest BCUT2D eigenvalue weighted by Gasteiger charge is -2.40. The number of nitrogens with one attached hydrogen (secondary N) is 1. The van der Waals surface area contributed by atoms with Crippen LogP contribution >= 0.6 is 0 Å². The van der Waals surface area contributed by atoms with Crippen LogP contribution in [0.1, 0.15) is 38.2 Å². The second-order valence-electron chi connectivity index (χ2n) is 5.45. The highest BCUT2D eigenvalue weighted by Crippen LogP contribution is 2.34. The lowest BCUT2D eigenvalue weighted by molar-refractivity contribution is -0.152. The van der Waals surface area contributed by atoms with Crippen LogP contribution in [0, 0.1) is 5.92 Å². The van der Waals surface area contributed by atoms with Gasteiger partial charge in [0.25, 0.3) is 0 Å². The topological polar surface area (TPSA) is 38.3 Å². The standard InChI is InChI=1S/C16H23NO2/c1-13-8-6-7-11-16(13,15(18)19-2)17-12-14-9-4-3-5-10-14/h3-5,9-10,13,17H,6-8,11-12H2,1-2H3. The maximum Gasteiger partial charge on any atom is 0.326 e. The fourth-order valence-corrected chi connectivity index (χ4v) is 3.02. The van der Waals surface area contributed by atoms with Crippen molar-refractivity contribution in [3.05, 3.63) is 35.9 Å². The maximum atomic E-state index is 12.2. The largest absolute Gasteiger partial charge is 0.468 e. The zero-order chi connectivity index (χ0) is 13.7. The average Bonchev–Trinajstić information content (AvgIpc) is 2.47. The van der Waals surface area contributed by atoms with E-state index in [2.05, 4.69) is 24.4 Å². The third-order valence-corrected chi connectivity index (χ3v) is 4.30. The van der Waals surface area contributed by atoms with E-state index in [-0.39, 0.29) is 5.97 Å². The Morgan fingerprint density at radius 1 is 1.37 bits per heavy atom. The molecule has 3 heteroatoms. The third kappa shape index (κ3) is 2.98. The number of ether oxygens (including phenoxy) is 1. The van der Waals surface area contributed by atoms with Crippen molar-refractivity contribution in [3.63, 3.8) is 0 Å². The Morgan fingerprint density at radius 2 is 2.11 bits per heavy atom. The van der Waals surface area contributed by atoms with Gasteiger partial charge in [0.15, 0.2) is 0 Å². The molecule has 1 aromatic carbocycles. The Morgan fingerprint density at radius 3 is 2.74 bits per heavy atom. The quantitative estimate of drug-likeness (QED) is 0.847. The molecule has 1 aliphatic carbocycles. The van der Waals surface area contributed by atoms with Crippen LogP contribution in [0.2, 0.25) is 0 Å². The normalized spacial score (nSPS) is 26.9. The first kappa shape index (κ1) is 14.1. The van der Waals surface area contributed by atoms with Crippen LogP contribution in [0.5, 0.6) is 0 Å². The summed E-state index contributed by atoms with van der Waals surface area (Å²) in [6.07, 6.45) is 4.23. The molecule has 0 radical (unpaired) electrons. The van der Waals surface area contributed by atoms with Crippen molar-refractivity contribution in [2.75, 3.05) is 7.11 Å². The van der Waals surface area contributed by atoms with Gasteiger partial charge in [0.2, 0.25) is 0 Å². The van der Waals surface area contributed by atoms with Crippen LogP contribution in [-0.2, 0) is 16.1 Å². The Balaban J connectivity index is 2.12. The number of hydrogen-bond donors (Lipinski definition) is 1. The molecule has 0 amide bonds. The van der Waals surface area contributed by atoms with Gasteiger partial charge in [-0.15, -0.1) is 0 Å². The van der Waals surface area contributed by atoms with Crippen LogP contribution < -0.4 is 5.32 Å². The highest BCUT2D eigenvalue weighted by molar-refractivity contribution is 5.81. The Labute approximate surface area is 115 Å². The number of benzene rings is 1. The molecule has 19 heavy (non-hydrogen) atoms. The van der Waals surface area contributed by atoms with E-state index in [9.17, 15) is 4.79 Å². The molecule has 2 unspecified atom stereocenters. The van der Waals surface area contributed by atoms with Gasteiger partial charge in [-0.2, -0.15) is 0 Å². The summed E-state index contributed by atoms with van der Waals surface area (Å²) in [5.74, 6) is 0.202. The molecule has 0 spiro atoms. The Hall–Kier alpha value is -1.35. The molecule has 1 N–H and O–H groups in total. The summed E-state index contributed by atoms with van der Waals surface area (Å²) in [6.45, 7) is 2.86. The lowest BCUT2D eigenvalue weighted by atomic mass is 9.73. The zero-order valence-electron chi connectivity index (χ0n) is 11.8. The molecule has 2 rings (SSSR count). The number of hydrogen-bond acceptors (Lipinski definition) is 3. The van der Waals surface area contributed by atoms with E-state index in [1.807, 2.05) is 18.2 Å². The number of carbonyl (C=O) groups is 1. The summed E-state index contributed by atoms with van der Waals surface area (Å²) in [5.41, 5.74) is 0.687. The van der Waals surface area contributed by atoms with Gasteiger partial charge in [-0.05, 0) is 24.3 Å². The number of rotatable bonds is 4. The molecular formula is C16H23NO2. The molecule has 0 bridgehead atoms. The van der Waals surface area contributed by atoms with E-state index < -0.39 is 5.54 Å². The van der Waals surface area contributed by atoms with E-state index in [1.54, 1.807) is 0 Å². The number of carbonyl (C=O) groups excluding carboxylic acids is 1. The van der Waals surface area contributed by atoms with Gasteiger partial charge in [-0.25, -0.2) is 0 Å². The minimum absolute atomic E-state index is 0.115. The number of esters is 1. The van der Waals surface area contributed by atoms with Crippen molar-refractivity contribution >= 4 is 5.97 Å². The van der Waals surface area contributed by atoms with Crippen molar-refractivity contribution in [2.24, 2.45) is 5.92 Å². The molecule has 1 saturated carbocycles. The number of methoxy groups -OCH3 is 1. The lowest BCUT2D eigenvalue weighted by Crippen LogP contribution is -2.58. The van der Waals surface area contributed by atoms with Crippen molar-refractivity contribution in [1.82, 2.24) is 5.32 Å². The van der Waals surface area contributed by atoms with Crippen molar-refractivity contribution in [2.45, 2.75) is 44.7 Å². The SMILES string of the molecule is COC(=O)C1(NCc2ccccc2)CCCCC1C. The van der Waals surface area contributed by atoms with E-state index in [4.69, 9.17) is 4.74 Å². The van der Waals surface area contributed by atoms with Gasteiger partial charge < -0.3 is 4.74 Å². The molecule has 104 valence electrons. The minimum Gasteiger partial charge on any atom is -0.468 e. The summed E-state index contributed by atoms with van der Waals surface area (Å²) in [4.78, 5) is 12.2. The molecule has 0 heterocycles. The average molecular weight is 261 g/mol. The smallest absolute Gasteiger partial charge is 0.326 e. The molecule has 2 atom stereocenters.